The average Bonchev–Trinajstić information content (AvgIpc) is 2.66. The van der Waals surface area contributed by atoms with Crippen LogP contribution in [0.1, 0.15) is 32.4 Å². The molecule has 0 aliphatic rings. The van der Waals surface area contributed by atoms with E-state index < -0.39 is 0 Å². The molecule has 0 spiro atoms. The average molecular weight is 210 g/mol. The molecule has 0 aromatic carbocycles. The number of rotatable bonds is 7. The van der Waals surface area contributed by atoms with Gasteiger partial charge in [0.1, 0.15) is 5.76 Å². The Balaban J connectivity index is 2.41. The van der Waals surface area contributed by atoms with Crippen LogP contribution in [0.15, 0.2) is 22.8 Å². The predicted octanol–water partition coefficient (Wildman–Crippen LogP) is 2.23. The zero-order chi connectivity index (χ0) is 11.1. The maximum Gasteiger partial charge on any atom is 0.117 e. The summed E-state index contributed by atoms with van der Waals surface area (Å²) in [7, 11) is 0. The molecule has 0 aliphatic carbocycles. The highest BCUT2D eigenvalue weighted by Gasteiger charge is 2.09. The summed E-state index contributed by atoms with van der Waals surface area (Å²) >= 11 is 0. The predicted molar refractivity (Wildman–Crippen MR) is 62.5 cm³/mol. The first kappa shape index (κ1) is 12.3. The molecule has 1 aromatic heterocycles. The lowest BCUT2D eigenvalue weighted by atomic mass is 10.2. The third-order valence-electron chi connectivity index (χ3n) is 2.33. The third-order valence-corrected chi connectivity index (χ3v) is 2.33. The molecule has 2 N–H and O–H groups in total. The summed E-state index contributed by atoms with van der Waals surface area (Å²) in [6.45, 7) is 7.14. The Hall–Kier alpha value is -0.800. The van der Waals surface area contributed by atoms with Crippen molar-refractivity contribution in [3.63, 3.8) is 0 Å². The molecule has 0 fully saturated rings. The lowest BCUT2D eigenvalue weighted by Crippen LogP contribution is -2.35. The molecule has 1 aromatic rings. The fourth-order valence-electron chi connectivity index (χ4n) is 1.65. The van der Waals surface area contributed by atoms with Crippen molar-refractivity contribution in [3.05, 3.63) is 24.2 Å². The molecular weight excluding hydrogens is 188 g/mol. The highest BCUT2D eigenvalue weighted by atomic mass is 16.3. The van der Waals surface area contributed by atoms with Gasteiger partial charge < -0.3 is 10.2 Å². The molecule has 0 bridgehead atoms. The highest BCUT2D eigenvalue weighted by Crippen LogP contribution is 2.07. The second-order valence-electron chi connectivity index (χ2n) is 4.15. The van der Waals surface area contributed by atoms with Crippen molar-refractivity contribution >= 4 is 0 Å². The number of nitrogens with two attached hydrogens (primary N) is 1. The Morgan fingerprint density at radius 3 is 2.87 bits per heavy atom. The van der Waals surface area contributed by atoms with Crippen LogP contribution in [0, 0.1) is 0 Å². The van der Waals surface area contributed by atoms with Gasteiger partial charge in [-0.2, -0.15) is 0 Å². The van der Waals surface area contributed by atoms with Crippen LogP contribution in [0.5, 0.6) is 0 Å². The second kappa shape index (κ2) is 6.64. The molecule has 0 saturated heterocycles. The quantitative estimate of drug-likeness (QED) is 0.750. The molecule has 1 rings (SSSR count). The first-order valence-corrected chi connectivity index (χ1v) is 5.72. The van der Waals surface area contributed by atoms with E-state index >= 15 is 0 Å². The standard InChI is InChI=1S/C12H22N2O/c1-3-4-7-14(9-11(2)13)10-12-6-5-8-15-12/h5-6,8,11H,3-4,7,9-10,13H2,1-2H3. The minimum Gasteiger partial charge on any atom is -0.468 e. The van der Waals surface area contributed by atoms with Crippen LogP contribution >= 0.6 is 0 Å². The molecule has 0 radical (unpaired) electrons. The maximum atomic E-state index is 5.82. The number of furan rings is 1. The van der Waals surface area contributed by atoms with E-state index in [0.29, 0.717) is 0 Å². The van der Waals surface area contributed by atoms with Gasteiger partial charge in [0.05, 0.1) is 12.8 Å². The van der Waals surface area contributed by atoms with Gasteiger partial charge in [0.25, 0.3) is 0 Å². The van der Waals surface area contributed by atoms with Gasteiger partial charge in [-0.25, -0.2) is 0 Å². The monoisotopic (exact) mass is 210 g/mol. The van der Waals surface area contributed by atoms with Crippen LogP contribution in [-0.2, 0) is 6.54 Å². The van der Waals surface area contributed by atoms with E-state index in [-0.39, 0.29) is 6.04 Å². The molecule has 1 unspecified atom stereocenters. The highest BCUT2D eigenvalue weighted by molar-refractivity contribution is 4.97. The van der Waals surface area contributed by atoms with Gasteiger partial charge in [-0.05, 0) is 32.0 Å². The summed E-state index contributed by atoms with van der Waals surface area (Å²) in [5.74, 6) is 1.02. The fourth-order valence-corrected chi connectivity index (χ4v) is 1.65. The van der Waals surface area contributed by atoms with E-state index in [2.05, 4.69) is 11.8 Å². The van der Waals surface area contributed by atoms with Gasteiger partial charge in [0.2, 0.25) is 0 Å². The molecule has 0 aliphatic heterocycles. The minimum atomic E-state index is 0.219. The molecule has 15 heavy (non-hydrogen) atoms. The molecule has 86 valence electrons. The van der Waals surface area contributed by atoms with Crippen molar-refractivity contribution in [2.24, 2.45) is 5.73 Å². The zero-order valence-corrected chi connectivity index (χ0v) is 9.78. The number of hydrogen-bond acceptors (Lipinski definition) is 3. The molecule has 3 heteroatoms. The maximum absolute atomic E-state index is 5.82. The number of unbranched alkanes of at least 4 members (excludes halogenated alkanes) is 1. The smallest absolute Gasteiger partial charge is 0.117 e. The van der Waals surface area contributed by atoms with Crippen molar-refractivity contribution in [2.45, 2.75) is 39.3 Å². The molecule has 1 heterocycles. The number of hydrogen-bond donors (Lipinski definition) is 1. The minimum absolute atomic E-state index is 0.219. The Bertz CT molecular complexity index is 244. The Morgan fingerprint density at radius 1 is 1.53 bits per heavy atom. The summed E-state index contributed by atoms with van der Waals surface area (Å²) in [6.07, 6.45) is 4.15. The van der Waals surface area contributed by atoms with Crippen molar-refractivity contribution in [3.8, 4) is 0 Å². The van der Waals surface area contributed by atoms with Gasteiger partial charge >= 0.3 is 0 Å². The normalized spacial score (nSPS) is 13.3. The van der Waals surface area contributed by atoms with Crippen LogP contribution in [-0.4, -0.2) is 24.0 Å². The van der Waals surface area contributed by atoms with E-state index in [0.717, 1.165) is 25.4 Å². The zero-order valence-electron chi connectivity index (χ0n) is 9.78. The van der Waals surface area contributed by atoms with E-state index in [1.807, 2.05) is 19.1 Å². The van der Waals surface area contributed by atoms with Crippen molar-refractivity contribution < 1.29 is 4.42 Å². The summed E-state index contributed by atoms with van der Waals surface area (Å²) in [5.41, 5.74) is 5.82. The van der Waals surface area contributed by atoms with E-state index in [9.17, 15) is 0 Å². The summed E-state index contributed by atoms with van der Waals surface area (Å²) in [6, 6.07) is 4.16. The largest absolute Gasteiger partial charge is 0.468 e. The Morgan fingerprint density at radius 2 is 2.33 bits per heavy atom. The van der Waals surface area contributed by atoms with Gasteiger partial charge in [-0.3, -0.25) is 4.90 Å². The van der Waals surface area contributed by atoms with E-state index in [1.54, 1.807) is 6.26 Å². The van der Waals surface area contributed by atoms with Crippen LogP contribution in [0.3, 0.4) is 0 Å². The van der Waals surface area contributed by atoms with Crippen molar-refractivity contribution in [1.29, 1.82) is 0 Å². The lowest BCUT2D eigenvalue weighted by molar-refractivity contribution is 0.230. The van der Waals surface area contributed by atoms with Gasteiger partial charge in [0, 0.05) is 12.6 Å². The summed E-state index contributed by atoms with van der Waals surface area (Å²) in [4.78, 5) is 2.35. The van der Waals surface area contributed by atoms with Crippen LogP contribution < -0.4 is 5.73 Å². The molecular formula is C12H22N2O. The second-order valence-corrected chi connectivity index (χ2v) is 4.15. The SMILES string of the molecule is CCCCN(Cc1ccco1)CC(C)N. The van der Waals surface area contributed by atoms with E-state index in [4.69, 9.17) is 10.2 Å². The molecule has 1 atom stereocenters. The molecule has 3 nitrogen and oxygen atoms in total. The summed E-state index contributed by atoms with van der Waals surface area (Å²) in [5, 5.41) is 0. The van der Waals surface area contributed by atoms with Gasteiger partial charge in [0.15, 0.2) is 0 Å². The number of nitrogens with zero attached hydrogens (tertiary/aromatic N) is 1. The van der Waals surface area contributed by atoms with Crippen LogP contribution in [0.25, 0.3) is 0 Å². The Labute approximate surface area is 92.2 Å². The Kier molecular flexibility index (Phi) is 5.43. The lowest BCUT2D eigenvalue weighted by Gasteiger charge is -2.22. The topological polar surface area (TPSA) is 42.4 Å². The van der Waals surface area contributed by atoms with Crippen molar-refractivity contribution in [1.82, 2.24) is 4.90 Å². The van der Waals surface area contributed by atoms with Crippen LogP contribution in [0.2, 0.25) is 0 Å². The third kappa shape index (κ3) is 5.00. The van der Waals surface area contributed by atoms with Gasteiger partial charge in [-0.15, -0.1) is 0 Å². The first-order valence-electron chi connectivity index (χ1n) is 5.72. The fraction of sp³-hybridized carbons (Fsp3) is 0.667. The van der Waals surface area contributed by atoms with Crippen LogP contribution in [0.4, 0.5) is 0 Å². The molecule has 0 saturated carbocycles. The summed E-state index contributed by atoms with van der Waals surface area (Å²) < 4.78 is 5.34. The van der Waals surface area contributed by atoms with Crippen molar-refractivity contribution in [2.75, 3.05) is 13.1 Å². The molecule has 0 amide bonds. The van der Waals surface area contributed by atoms with E-state index in [1.165, 1.54) is 12.8 Å². The first-order chi connectivity index (χ1) is 7.22. The van der Waals surface area contributed by atoms with Gasteiger partial charge in [-0.1, -0.05) is 13.3 Å².